The quantitative estimate of drug-likeness (QED) is 0.120. The summed E-state index contributed by atoms with van der Waals surface area (Å²) < 4.78 is 67.1. The van der Waals surface area contributed by atoms with Crippen LogP contribution in [-0.2, 0) is 6.18 Å². The van der Waals surface area contributed by atoms with E-state index in [-0.39, 0.29) is 28.3 Å². The van der Waals surface area contributed by atoms with Crippen LogP contribution < -0.4 is 0 Å². The van der Waals surface area contributed by atoms with Crippen molar-refractivity contribution in [2.75, 3.05) is 0 Å². The molecule has 8 heteroatoms. The van der Waals surface area contributed by atoms with E-state index in [9.17, 15) is 5.26 Å². The molecular formula is C104H64F3N5. The number of hydrogen-bond acceptors (Lipinski definition) is 1. The Morgan fingerprint density at radius 1 is 0.188 bits per heavy atom. The molecule has 4 heterocycles. The molecule has 0 aliphatic carbocycles. The van der Waals surface area contributed by atoms with Crippen molar-refractivity contribution in [1.82, 2.24) is 18.3 Å². The molecule has 21 aromatic rings. The van der Waals surface area contributed by atoms with E-state index in [1.54, 1.807) is 0 Å². The molecule has 4 aromatic heterocycles. The lowest BCUT2D eigenvalue weighted by Crippen LogP contribution is -2.22. The Kier molecular flexibility index (Phi) is 15.4. The Labute approximate surface area is 643 Å². The predicted octanol–water partition coefficient (Wildman–Crippen LogP) is 28.3. The summed E-state index contributed by atoms with van der Waals surface area (Å²) in [5.41, 5.74) is 18.0. The molecule has 0 amide bonds. The van der Waals surface area contributed by atoms with E-state index in [1.807, 2.05) is 237 Å². The number of aromatic nitrogens is 4. The summed E-state index contributed by atoms with van der Waals surface area (Å²) >= 11 is 0. The zero-order valence-electron chi connectivity index (χ0n) is 60.3. The summed E-state index contributed by atoms with van der Waals surface area (Å²) in [5, 5.41) is 19.7. The van der Waals surface area contributed by atoms with Crippen LogP contribution in [-0.4, -0.2) is 18.3 Å². The Hall–Kier alpha value is -14.8. The second kappa shape index (κ2) is 26.3. The van der Waals surface area contributed by atoms with E-state index in [0.29, 0.717) is 44.1 Å². The van der Waals surface area contributed by atoms with Crippen molar-refractivity contribution in [2.45, 2.75) is 6.18 Å². The summed E-state index contributed by atoms with van der Waals surface area (Å²) in [5.74, 6) is 0. The van der Waals surface area contributed by atoms with Crippen LogP contribution in [0.2, 0.25) is 0 Å². The maximum Gasteiger partial charge on any atom is 0.420 e. The van der Waals surface area contributed by atoms with Crippen molar-refractivity contribution in [1.29, 1.82) is 5.26 Å². The van der Waals surface area contributed by atoms with Crippen molar-refractivity contribution in [2.24, 2.45) is 0 Å². The van der Waals surface area contributed by atoms with Gasteiger partial charge in [-0.2, -0.15) is 18.4 Å². The van der Waals surface area contributed by atoms with Crippen LogP contribution in [0.4, 0.5) is 13.2 Å². The summed E-state index contributed by atoms with van der Waals surface area (Å²) in [4.78, 5) is 0. The third-order valence-corrected chi connectivity index (χ3v) is 22.6. The largest absolute Gasteiger partial charge is 0.420 e. The molecular weight excluding hydrogens is 1380 g/mol. The van der Waals surface area contributed by atoms with Crippen molar-refractivity contribution < 1.29 is 13.2 Å². The SMILES string of the molecule is N#Cc1c(-n2c3ccc(-c4ccccc4)cc3c3cc(-c4ccccc4)ccc32)c(-n2c3ccc(-c4ccccc4)cc3c3cc(-c4ccccc4)ccc32)c(C(F)(F)F)c(-n2c3ccc(-c4ccccc4)cc3c3cc(-c4ccccc4)ccc32)c1-n1c2ccc(-c3ccccc3)cc2c2cc(-c3ccccc3)ccc21. The predicted molar refractivity (Wildman–Crippen MR) is 457 cm³/mol. The fourth-order valence-electron chi connectivity index (χ4n) is 17.5. The van der Waals surface area contributed by atoms with E-state index >= 15 is 13.2 Å². The summed E-state index contributed by atoms with van der Waals surface area (Å²) in [7, 11) is 0. The van der Waals surface area contributed by atoms with E-state index < -0.39 is 11.7 Å². The number of alkyl halides is 3. The number of nitriles is 1. The van der Waals surface area contributed by atoms with Gasteiger partial charge in [-0.05, 0) is 186 Å². The highest BCUT2D eigenvalue weighted by molar-refractivity contribution is 6.18. The Bertz CT molecular complexity index is 6550. The highest BCUT2D eigenvalue weighted by Gasteiger charge is 2.45. The molecule has 0 bridgehead atoms. The van der Waals surface area contributed by atoms with Crippen LogP contribution in [0.15, 0.2) is 388 Å². The van der Waals surface area contributed by atoms with E-state index in [4.69, 9.17) is 0 Å². The molecule has 0 radical (unpaired) electrons. The second-order valence-corrected chi connectivity index (χ2v) is 28.9. The van der Waals surface area contributed by atoms with Crippen LogP contribution in [0.25, 0.3) is 199 Å². The van der Waals surface area contributed by atoms with Gasteiger partial charge in [-0.25, -0.2) is 0 Å². The fraction of sp³-hybridized carbons (Fsp3) is 0.00962. The normalized spacial score (nSPS) is 11.9. The molecule has 0 aliphatic rings. The number of rotatable bonds is 12. The molecule has 0 saturated heterocycles. The van der Waals surface area contributed by atoms with Crippen molar-refractivity contribution in [3.8, 4) is 118 Å². The summed E-state index contributed by atoms with van der Waals surface area (Å²) in [6, 6.07) is 134. The zero-order chi connectivity index (χ0) is 74.7. The van der Waals surface area contributed by atoms with Gasteiger partial charge in [0.2, 0.25) is 0 Å². The number of halogens is 3. The molecule has 0 atom stereocenters. The maximum atomic E-state index is 19.8. The summed E-state index contributed by atoms with van der Waals surface area (Å²) in [6.45, 7) is 0. The van der Waals surface area contributed by atoms with E-state index in [2.05, 4.69) is 176 Å². The van der Waals surface area contributed by atoms with Crippen molar-refractivity contribution in [3.05, 3.63) is 399 Å². The first-order chi connectivity index (χ1) is 55.2. The number of nitrogens with zero attached hydrogens (tertiary/aromatic N) is 5. The molecule has 526 valence electrons. The monoisotopic (exact) mass is 1440 g/mol. The van der Waals surface area contributed by atoms with Crippen LogP contribution in [0.5, 0.6) is 0 Å². The molecule has 112 heavy (non-hydrogen) atoms. The number of benzene rings is 17. The zero-order valence-corrected chi connectivity index (χ0v) is 60.3. The first-order valence-corrected chi connectivity index (χ1v) is 37.7. The van der Waals surface area contributed by atoms with E-state index in [1.165, 1.54) is 0 Å². The van der Waals surface area contributed by atoms with Gasteiger partial charge in [-0.3, -0.25) is 0 Å². The van der Waals surface area contributed by atoms with Crippen LogP contribution in [0.1, 0.15) is 11.1 Å². The van der Waals surface area contributed by atoms with Gasteiger partial charge in [-0.15, -0.1) is 0 Å². The molecule has 0 fully saturated rings. The smallest absolute Gasteiger partial charge is 0.306 e. The second-order valence-electron chi connectivity index (χ2n) is 28.9. The Morgan fingerprint density at radius 3 is 0.482 bits per heavy atom. The molecule has 0 saturated carbocycles. The van der Waals surface area contributed by atoms with Gasteiger partial charge in [-0.1, -0.05) is 291 Å². The van der Waals surface area contributed by atoms with Crippen molar-refractivity contribution >= 4 is 87.2 Å². The van der Waals surface area contributed by atoms with Crippen LogP contribution in [0.3, 0.4) is 0 Å². The highest BCUT2D eigenvalue weighted by atomic mass is 19.4. The standard InChI is InChI=1S/C104H64F3N5/c105-104(106,107)99-102(111-95-53-45-78(70-33-17-5-18-34-70)61-86(95)87-62-79(46-54-96(87)111)71-35-19-6-20-36-71)100(109-91-49-41-74(66-25-9-1-10-26-66)57-82(91)83-58-75(42-50-92(83)109)67-27-11-2-12-28-67)90(65-108)101(110-93-51-43-76(68-29-13-3-14-30-68)59-84(93)85-60-77(44-52-94(85)110)69-31-15-4-16-32-69)103(99)112-97-55-47-80(72-37-21-7-22-38-72)63-88(97)89-64-81(48-56-98(89)112)73-39-23-8-24-40-73/h1-64H. The van der Waals surface area contributed by atoms with Gasteiger partial charge >= 0.3 is 6.18 Å². The van der Waals surface area contributed by atoms with Gasteiger partial charge < -0.3 is 18.3 Å². The molecule has 0 unspecified atom stereocenters. The average molecular weight is 1440 g/mol. The average Bonchev–Trinajstić information content (AvgIpc) is 1.47. The maximum absolute atomic E-state index is 19.8. The first-order valence-electron chi connectivity index (χ1n) is 37.7. The Balaban J connectivity index is 1.02. The minimum absolute atomic E-state index is 0.00256. The summed E-state index contributed by atoms with van der Waals surface area (Å²) in [6.07, 6.45) is -5.24. The molecule has 5 nitrogen and oxygen atoms in total. The molecule has 17 aromatic carbocycles. The third kappa shape index (κ3) is 10.7. The number of hydrogen-bond donors (Lipinski definition) is 0. The lowest BCUT2D eigenvalue weighted by Gasteiger charge is -2.30. The molecule has 0 N–H and O–H groups in total. The van der Waals surface area contributed by atoms with E-state index in [0.717, 1.165) is 132 Å². The highest BCUT2D eigenvalue weighted by Crippen LogP contribution is 2.55. The van der Waals surface area contributed by atoms with Crippen molar-refractivity contribution in [3.63, 3.8) is 0 Å². The lowest BCUT2D eigenvalue weighted by molar-refractivity contribution is -0.137. The first kappa shape index (κ1) is 65.5. The van der Waals surface area contributed by atoms with Gasteiger partial charge in [0.25, 0.3) is 0 Å². The van der Waals surface area contributed by atoms with Gasteiger partial charge in [0.05, 0.1) is 66.9 Å². The van der Waals surface area contributed by atoms with Gasteiger partial charge in [0.1, 0.15) is 17.2 Å². The third-order valence-electron chi connectivity index (χ3n) is 22.6. The van der Waals surface area contributed by atoms with Gasteiger partial charge in [0, 0.05) is 43.1 Å². The van der Waals surface area contributed by atoms with Crippen LogP contribution >= 0.6 is 0 Å². The molecule has 21 rings (SSSR count). The topological polar surface area (TPSA) is 43.5 Å². The minimum Gasteiger partial charge on any atom is -0.306 e. The molecule has 0 aliphatic heterocycles. The van der Waals surface area contributed by atoms with Crippen LogP contribution in [0, 0.1) is 11.3 Å². The number of fused-ring (bicyclic) bond motifs is 12. The Morgan fingerprint density at radius 2 is 0.339 bits per heavy atom. The van der Waals surface area contributed by atoms with Gasteiger partial charge in [0.15, 0.2) is 0 Å². The minimum atomic E-state index is -5.24. The fourth-order valence-corrected chi connectivity index (χ4v) is 17.5. The lowest BCUT2D eigenvalue weighted by atomic mass is 9.97. The molecule has 0 spiro atoms.